The van der Waals surface area contributed by atoms with Gasteiger partial charge in [-0.1, -0.05) is 84.3 Å². The lowest BCUT2D eigenvalue weighted by molar-refractivity contribution is 0.357. The van der Waals surface area contributed by atoms with Crippen LogP contribution in [0.2, 0.25) is 0 Å². The Balaban J connectivity index is 3.74. The predicted molar refractivity (Wildman–Crippen MR) is 114 cm³/mol. The van der Waals surface area contributed by atoms with E-state index in [0.29, 0.717) is 0 Å². The van der Waals surface area contributed by atoms with Gasteiger partial charge < -0.3 is 0 Å². The van der Waals surface area contributed by atoms with E-state index in [2.05, 4.69) is 34.6 Å². The van der Waals surface area contributed by atoms with Crippen molar-refractivity contribution in [2.45, 2.75) is 99.3 Å². The van der Waals surface area contributed by atoms with E-state index in [4.69, 9.17) is 4.18 Å². The van der Waals surface area contributed by atoms with Crippen molar-refractivity contribution in [1.29, 1.82) is 0 Å². The maximum atomic E-state index is 11.3. The van der Waals surface area contributed by atoms with Gasteiger partial charge >= 0.3 is 0 Å². The van der Waals surface area contributed by atoms with E-state index in [9.17, 15) is 8.42 Å². The van der Waals surface area contributed by atoms with Gasteiger partial charge in [0.15, 0.2) is 0 Å². The summed E-state index contributed by atoms with van der Waals surface area (Å²) in [6, 6.07) is 0. The fourth-order valence-corrected chi connectivity index (χ4v) is 3.61. The maximum absolute atomic E-state index is 11.3. The highest BCUT2D eigenvalue weighted by atomic mass is 32.2. The Morgan fingerprint density at radius 2 is 1.38 bits per heavy atom. The molecule has 0 aliphatic rings. The highest BCUT2D eigenvalue weighted by molar-refractivity contribution is 7.86. The van der Waals surface area contributed by atoms with E-state index in [1.54, 1.807) is 6.92 Å². The van der Waals surface area contributed by atoms with Crippen molar-refractivity contribution in [1.82, 2.24) is 0 Å². The lowest BCUT2D eigenvalue weighted by Crippen LogP contribution is -2.08. The molecule has 0 aliphatic heterocycles. The highest BCUT2D eigenvalue weighted by Gasteiger charge is 2.07. The Morgan fingerprint density at radius 3 is 1.88 bits per heavy atom. The molecule has 3 nitrogen and oxygen atoms in total. The van der Waals surface area contributed by atoms with Gasteiger partial charge in [0, 0.05) is 0 Å². The van der Waals surface area contributed by atoms with Crippen LogP contribution < -0.4 is 0 Å². The van der Waals surface area contributed by atoms with Crippen molar-refractivity contribution in [3.05, 3.63) is 11.6 Å². The lowest BCUT2D eigenvalue weighted by Gasteiger charge is -2.15. The van der Waals surface area contributed by atoms with Crippen LogP contribution in [-0.4, -0.2) is 20.8 Å². The van der Waals surface area contributed by atoms with Crippen LogP contribution in [0.4, 0.5) is 0 Å². The predicted octanol–water partition coefficient (Wildman–Crippen LogP) is 6.74. The van der Waals surface area contributed by atoms with Crippen LogP contribution in [0.15, 0.2) is 11.6 Å². The second kappa shape index (κ2) is 14.7. The first kappa shape index (κ1) is 25.6. The summed E-state index contributed by atoms with van der Waals surface area (Å²) >= 11 is 0. The van der Waals surface area contributed by atoms with Gasteiger partial charge in [-0.3, -0.25) is 4.18 Å². The molecule has 0 aromatic heterocycles. The molecule has 0 aromatic carbocycles. The molecule has 0 radical (unpaired) electrons. The van der Waals surface area contributed by atoms with Gasteiger partial charge in [0.25, 0.3) is 10.1 Å². The highest BCUT2D eigenvalue weighted by Crippen LogP contribution is 2.22. The number of hydrogen-bond donors (Lipinski definition) is 0. The Bertz CT molecular complexity index is 466. The molecule has 0 fully saturated rings. The summed E-state index contributed by atoms with van der Waals surface area (Å²) < 4.78 is 27.4. The third kappa shape index (κ3) is 15.9. The molecule has 26 heavy (non-hydrogen) atoms. The molecule has 0 unspecified atom stereocenters. The second-order valence-electron chi connectivity index (χ2n) is 8.54. The first-order chi connectivity index (χ1) is 12.2. The Labute approximate surface area is 164 Å². The molecule has 0 saturated heterocycles. The topological polar surface area (TPSA) is 43.4 Å². The van der Waals surface area contributed by atoms with E-state index < -0.39 is 10.1 Å². The van der Waals surface area contributed by atoms with Crippen LogP contribution in [0.5, 0.6) is 0 Å². The molecule has 2 atom stereocenters. The van der Waals surface area contributed by atoms with E-state index in [1.165, 1.54) is 56.9 Å². The van der Waals surface area contributed by atoms with Gasteiger partial charge in [0.2, 0.25) is 0 Å². The molecule has 0 bridgehead atoms. The van der Waals surface area contributed by atoms with Crippen molar-refractivity contribution in [3.63, 3.8) is 0 Å². The maximum Gasteiger partial charge on any atom is 0.267 e. The first-order valence-corrected chi connectivity index (χ1v) is 12.3. The molecule has 4 heteroatoms. The minimum atomic E-state index is -3.32. The Hall–Kier alpha value is -0.350. The van der Waals surface area contributed by atoms with Crippen LogP contribution in [0.3, 0.4) is 0 Å². The number of hydrogen-bond acceptors (Lipinski definition) is 3. The Morgan fingerprint density at radius 1 is 0.885 bits per heavy atom. The molecular weight excluding hydrogens is 344 g/mol. The molecule has 0 spiro atoms. The standard InChI is InChI=1S/C22H44O3S/c1-7-26(23,24)25-18-17-22(6)16-10-15-21(5)14-9-13-20(4)12-8-11-19(2)3/h17,19-21H,7-16,18H2,1-6H3/b22-17+/t20-,21-/m1/s1. The summed E-state index contributed by atoms with van der Waals surface area (Å²) in [5, 5.41) is 0. The molecule has 0 aromatic rings. The zero-order valence-electron chi connectivity index (χ0n) is 18.2. The third-order valence-corrected chi connectivity index (χ3v) is 6.38. The van der Waals surface area contributed by atoms with Crippen molar-refractivity contribution in [3.8, 4) is 0 Å². The minimum absolute atomic E-state index is 0.0355. The van der Waals surface area contributed by atoms with Gasteiger partial charge in [-0.25, -0.2) is 0 Å². The van der Waals surface area contributed by atoms with Crippen molar-refractivity contribution in [2.75, 3.05) is 12.4 Å². The molecule has 0 aliphatic carbocycles. The Kier molecular flexibility index (Phi) is 14.5. The summed E-state index contributed by atoms with van der Waals surface area (Å²) in [7, 11) is -3.32. The van der Waals surface area contributed by atoms with Crippen LogP contribution in [0.1, 0.15) is 99.3 Å². The summed E-state index contributed by atoms with van der Waals surface area (Å²) in [5.74, 6) is 2.52. The normalized spacial score (nSPS) is 15.4. The van der Waals surface area contributed by atoms with Crippen molar-refractivity contribution >= 4 is 10.1 Å². The van der Waals surface area contributed by atoms with E-state index in [-0.39, 0.29) is 12.4 Å². The van der Waals surface area contributed by atoms with E-state index in [1.807, 2.05) is 6.08 Å². The third-order valence-electron chi connectivity index (χ3n) is 5.17. The fraction of sp³-hybridized carbons (Fsp3) is 0.909. The fourth-order valence-electron chi connectivity index (χ4n) is 3.17. The average Bonchev–Trinajstić information content (AvgIpc) is 2.54. The van der Waals surface area contributed by atoms with Gasteiger partial charge in [-0.2, -0.15) is 8.42 Å². The minimum Gasteiger partial charge on any atom is -0.266 e. The molecule has 0 amide bonds. The summed E-state index contributed by atoms with van der Waals surface area (Å²) in [5.41, 5.74) is 1.22. The molecular formula is C22H44O3S. The van der Waals surface area contributed by atoms with Gasteiger partial charge in [-0.05, 0) is 44.4 Å². The van der Waals surface area contributed by atoms with Crippen molar-refractivity contribution < 1.29 is 12.6 Å². The lowest BCUT2D eigenvalue weighted by atomic mass is 9.91. The first-order valence-electron chi connectivity index (χ1n) is 10.7. The van der Waals surface area contributed by atoms with Crippen LogP contribution in [-0.2, 0) is 14.3 Å². The molecule has 0 rings (SSSR count). The zero-order valence-corrected chi connectivity index (χ0v) is 19.0. The van der Waals surface area contributed by atoms with Gasteiger partial charge in [-0.15, -0.1) is 0 Å². The van der Waals surface area contributed by atoms with Gasteiger partial charge in [0.05, 0.1) is 12.4 Å². The largest absolute Gasteiger partial charge is 0.267 e. The van der Waals surface area contributed by atoms with Crippen LogP contribution >= 0.6 is 0 Å². The number of allylic oxidation sites excluding steroid dienone is 1. The SMILES string of the molecule is CCS(=O)(=O)OC/C=C(\C)CCC[C@H](C)CCC[C@H](C)CCCC(C)C. The zero-order chi connectivity index (χ0) is 20.0. The second-order valence-corrected chi connectivity index (χ2v) is 10.5. The quantitative estimate of drug-likeness (QED) is 0.217. The van der Waals surface area contributed by atoms with Crippen molar-refractivity contribution in [2.24, 2.45) is 17.8 Å². The monoisotopic (exact) mass is 388 g/mol. The van der Waals surface area contributed by atoms with Crippen LogP contribution in [0, 0.1) is 17.8 Å². The van der Waals surface area contributed by atoms with Gasteiger partial charge in [0.1, 0.15) is 0 Å². The van der Waals surface area contributed by atoms with E-state index >= 15 is 0 Å². The smallest absolute Gasteiger partial charge is 0.266 e. The van der Waals surface area contributed by atoms with Crippen LogP contribution in [0.25, 0.3) is 0 Å². The summed E-state index contributed by atoms with van der Waals surface area (Å²) in [6.45, 7) is 13.2. The molecule has 156 valence electrons. The molecule has 0 saturated carbocycles. The van der Waals surface area contributed by atoms with E-state index in [0.717, 1.165) is 24.2 Å². The molecule has 0 N–H and O–H groups in total. The average molecular weight is 389 g/mol. The summed E-state index contributed by atoms with van der Waals surface area (Å²) in [6.07, 6.45) is 13.5. The number of rotatable bonds is 16. The summed E-state index contributed by atoms with van der Waals surface area (Å²) in [4.78, 5) is 0. The molecule has 0 heterocycles.